The molecule has 1 aliphatic rings. The van der Waals surface area contributed by atoms with Crippen LogP contribution in [-0.2, 0) is 5.41 Å². The van der Waals surface area contributed by atoms with Gasteiger partial charge in [0, 0.05) is 58.6 Å². The Balaban J connectivity index is 0.861. The molecule has 0 bridgehead atoms. The molecule has 296 valence electrons. The first-order valence-electron chi connectivity index (χ1n) is 21.6. The van der Waals surface area contributed by atoms with Crippen molar-refractivity contribution in [2.24, 2.45) is 0 Å². The van der Waals surface area contributed by atoms with E-state index in [1.54, 1.807) is 0 Å². The fourth-order valence-corrected chi connectivity index (χ4v) is 11.3. The highest BCUT2D eigenvalue weighted by Gasteiger charge is 2.36. The molecule has 0 saturated carbocycles. The molecule has 0 fully saturated rings. The first kappa shape index (κ1) is 36.0. The number of hydrogen-bond acceptors (Lipinski definition) is 3. The summed E-state index contributed by atoms with van der Waals surface area (Å²) in [6.45, 7) is 4.71. The van der Waals surface area contributed by atoms with Crippen molar-refractivity contribution in [2.75, 3.05) is 0 Å². The predicted octanol–water partition coefficient (Wildman–Crippen LogP) is 16.1. The first-order chi connectivity index (χ1) is 31.0. The minimum Gasteiger partial charge on any atom is -0.309 e. The number of rotatable bonds is 5. The quantitative estimate of drug-likeness (QED) is 0.173. The molecular weight excluding hydrogens is 783 g/mol. The predicted molar refractivity (Wildman–Crippen MR) is 266 cm³/mol. The highest BCUT2D eigenvalue weighted by molar-refractivity contribution is 7.25. The highest BCUT2D eigenvalue weighted by Crippen LogP contribution is 2.51. The number of nitrogens with zero attached hydrogens (tertiary/aromatic N) is 3. The Hall–Kier alpha value is -7.66. The Morgan fingerprint density at radius 2 is 0.984 bits per heavy atom. The third-order valence-corrected chi connectivity index (χ3v) is 14.6. The minimum atomic E-state index is -0.239. The summed E-state index contributed by atoms with van der Waals surface area (Å²) < 4.78 is 5.11. The highest BCUT2D eigenvalue weighted by atomic mass is 32.1. The van der Waals surface area contributed by atoms with E-state index in [2.05, 4.69) is 213 Å². The standard InChI is InChI=1S/C59H39N3S/c1-59(2)50-34-41(58-60-52-17-9-6-16-47(52)57(61-58)38-12-4-3-5-13-38)24-28-43(50)44-29-27-42(35-51(44)59)62-53-18-10-7-14-45(53)48-32-39(25-30-54(48)62)36-20-22-37(23-21-36)40-26-31-56-49(33-40)46-15-8-11-19-55(46)63-56/h3-35H,1-2H3. The Morgan fingerprint density at radius 1 is 0.397 bits per heavy atom. The maximum atomic E-state index is 5.21. The minimum absolute atomic E-state index is 0.239. The van der Waals surface area contributed by atoms with Gasteiger partial charge in [-0.1, -0.05) is 153 Å². The molecule has 13 rings (SSSR count). The van der Waals surface area contributed by atoms with Crippen molar-refractivity contribution < 1.29 is 0 Å². The van der Waals surface area contributed by atoms with Gasteiger partial charge in [0.2, 0.25) is 0 Å². The van der Waals surface area contributed by atoms with E-state index in [-0.39, 0.29) is 5.41 Å². The summed E-state index contributed by atoms with van der Waals surface area (Å²) in [4.78, 5) is 10.3. The molecule has 12 aromatic rings. The molecule has 0 aliphatic heterocycles. The second kappa shape index (κ2) is 13.7. The second-order valence-corrected chi connectivity index (χ2v) is 18.4. The van der Waals surface area contributed by atoms with Crippen molar-refractivity contribution in [1.29, 1.82) is 0 Å². The topological polar surface area (TPSA) is 30.7 Å². The maximum absolute atomic E-state index is 5.21. The Kier molecular flexibility index (Phi) is 7.82. The van der Waals surface area contributed by atoms with Gasteiger partial charge in [-0.05, 0) is 105 Å². The lowest BCUT2D eigenvalue weighted by Crippen LogP contribution is -2.15. The van der Waals surface area contributed by atoms with Crippen molar-refractivity contribution in [2.45, 2.75) is 19.3 Å². The summed E-state index contributed by atoms with van der Waals surface area (Å²) in [6, 6.07) is 73.0. The van der Waals surface area contributed by atoms with Crippen LogP contribution in [0.3, 0.4) is 0 Å². The van der Waals surface area contributed by atoms with Crippen LogP contribution in [0.4, 0.5) is 0 Å². The molecule has 3 aromatic heterocycles. The molecule has 0 spiro atoms. The zero-order chi connectivity index (χ0) is 41.8. The number of thiophene rings is 1. The molecule has 0 saturated heterocycles. The van der Waals surface area contributed by atoms with Gasteiger partial charge in [-0.25, -0.2) is 9.97 Å². The summed E-state index contributed by atoms with van der Waals surface area (Å²) in [6.07, 6.45) is 0. The Labute approximate surface area is 369 Å². The van der Waals surface area contributed by atoms with Gasteiger partial charge in [0.05, 0.1) is 22.2 Å². The van der Waals surface area contributed by atoms with Crippen LogP contribution in [0.15, 0.2) is 200 Å². The first-order valence-corrected chi connectivity index (χ1v) is 22.5. The molecule has 0 amide bonds. The molecule has 3 heterocycles. The van der Waals surface area contributed by atoms with E-state index in [0.29, 0.717) is 0 Å². The zero-order valence-electron chi connectivity index (χ0n) is 34.8. The van der Waals surface area contributed by atoms with Gasteiger partial charge in [0.15, 0.2) is 5.82 Å². The van der Waals surface area contributed by atoms with E-state index in [4.69, 9.17) is 9.97 Å². The summed E-state index contributed by atoms with van der Waals surface area (Å²) in [7, 11) is 0. The van der Waals surface area contributed by atoms with Crippen LogP contribution in [-0.4, -0.2) is 14.5 Å². The summed E-state index contributed by atoms with van der Waals surface area (Å²) in [5, 5.41) is 6.22. The number of fused-ring (bicyclic) bond motifs is 10. The Bertz CT molecular complexity index is 3820. The van der Waals surface area contributed by atoms with Crippen molar-refractivity contribution in [3.63, 3.8) is 0 Å². The molecule has 1 aliphatic carbocycles. The van der Waals surface area contributed by atoms with Crippen LogP contribution in [0, 0.1) is 0 Å². The lowest BCUT2D eigenvalue weighted by molar-refractivity contribution is 0.660. The van der Waals surface area contributed by atoms with Crippen molar-refractivity contribution in [3.05, 3.63) is 211 Å². The third-order valence-electron chi connectivity index (χ3n) is 13.4. The molecule has 0 unspecified atom stereocenters. The van der Waals surface area contributed by atoms with Gasteiger partial charge in [0.25, 0.3) is 0 Å². The van der Waals surface area contributed by atoms with E-state index in [1.165, 1.54) is 92.2 Å². The molecule has 9 aromatic carbocycles. The summed E-state index contributed by atoms with van der Waals surface area (Å²) in [5.41, 5.74) is 17.4. The number of para-hydroxylation sites is 2. The number of benzene rings is 9. The average Bonchev–Trinajstić information content (AvgIpc) is 3.95. The van der Waals surface area contributed by atoms with Crippen LogP contribution in [0.5, 0.6) is 0 Å². The SMILES string of the molecule is CC1(C)c2cc(-c3nc(-c4ccccc4)c4ccccc4n3)ccc2-c2ccc(-n3c4ccccc4c4cc(-c5ccc(-c6ccc7sc8ccccc8c7c6)cc5)ccc43)cc21. The normalized spacial score (nSPS) is 13.0. The van der Waals surface area contributed by atoms with Gasteiger partial charge in [-0.2, -0.15) is 0 Å². The molecule has 0 N–H and O–H groups in total. The van der Waals surface area contributed by atoms with Gasteiger partial charge in [-0.15, -0.1) is 11.3 Å². The fourth-order valence-electron chi connectivity index (χ4n) is 10.2. The molecule has 0 atom stereocenters. The van der Waals surface area contributed by atoms with Crippen molar-refractivity contribution >= 4 is 64.2 Å². The van der Waals surface area contributed by atoms with Crippen LogP contribution < -0.4 is 0 Å². The molecule has 4 heteroatoms. The zero-order valence-corrected chi connectivity index (χ0v) is 35.6. The van der Waals surface area contributed by atoms with E-state index in [9.17, 15) is 0 Å². The van der Waals surface area contributed by atoms with E-state index in [1.807, 2.05) is 17.4 Å². The maximum Gasteiger partial charge on any atom is 0.160 e. The third kappa shape index (κ3) is 5.58. The summed E-state index contributed by atoms with van der Waals surface area (Å²) in [5.74, 6) is 0.744. The molecule has 3 nitrogen and oxygen atoms in total. The molecular formula is C59H39N3S. The van der Waals surface area contributed by atoms with Crippen LogP contribution in [0.2, 0.25) is 0 Å². The lowest BCUT2D eigenvalue weighted by Gasteiger charge is -2.23. The smallest absolute Gasteiger partial charge is 0.160 e. The van der Waals surface area contributed by atoms with E-state index < -0.39 is 0 Å². The van der Waals surface area contributed by atoms with Crippen LogP contribution in [0.1, 0.15) is 25.0 Å². The van der Waals surface area contributed by atoms with E-state index >= 15 is 0 Å². The average molecular weight is 822 g/mol. The monoisotopic (exact) mass is 821 g/mol. The van der Waals surface area contributed by atoms with Gasteiger partial charge in [0.1, 0.15) is 0 Å². The van der Waals surface area contributed by atoms with Crippen molar-refractivity contribution in [1.82, 2.24) is 14.5 Å². The van der Waals surface area contributed by atoms with Gasteiger partial charge in [-0.3, -0.25) is 0 Å². The number of aromatic nitrogens is 3. The van der Waals surface area contributed by atoms with E-state index in [0.717, 1.165) is 33.5 Å². The fraction of sp³-hybridized carbons (Fsp3) is 0.0508. The van der Waals surface area contributed by atoms with Crippen LogP contribution >= 0.6 is 11.3 Å². The summed E-state index contributed by atoms with van der Waals surface area (Å²) >= 11 is 1.86. The second-order valence-electron chi connectivity index (χ2n) is 17.4. The largest absolute Gasteiger partial charge is 0.309 e. The van der Waals surface area contributed by atoms with Gasteiger partial charge >= 0.3 is 0 Å². The molecule has 0 radical (unpaired) electrons. The Morgan fingerprint density at radius 3 is 1.79 bits per heavy atom. The molecule has 63 heavy (non-hydrogen) atoms. The van der Waals surface area contributed by atoms with Gasteiger partial charge < -0.3 is 4.57 Å². The van der Waals surface area contributed by atoms with Crippen LogP contribution in [0.25, 0.3) is 115 Å². The number of hydrogen-bond donors (Lipinski definition) is 0. The lowest BCUT2D eigenvalue weighted by atomic mass is 9.81. The van der Waals surface area contributed by atoms with Crippen molar-refractivity contribution in [3.8, 4) is 61.7 Å².